The third-order valence-electron chi connectivity index (χ3n) is 9.41. The van der Waals surface area contributed by atoms with E-state index < -0.39 is 0 Å². The van der Waals surface area contributed by atoms with Crippen LogP contribution in [0.4, 0.5) is 5.69 Å². The number of nitrogens with zero attached hydrogens (tertiary/aromatic N) is 1. The first-order chi connectivity index (χ1) is 19.4. The number of carbonyl (C=O) groups is 1. The summed E-state index contributed by atoms with van der Waals surface area (Å²) in [5.41, 5.74) is 5.30. The fourth-order valence-corrected chi connectivity index (χ4v) is 7.23. The van der Waals surface area contributed by atoms with Crippen molar-refractivity contribution in [3.05, 3.63) is 65.2 Å². The molecule has 0 spiro atoms. The minimum absolute atomic E-state index is 0.0736. The molecule has 0 radical (unpaired) electrons. The Morgan fingerprint density at radius 3 is 2.73 bits per heavy atom. The van der Waals surface area contributed by atoms with Crippen LogP contribution in [0.25, 0.3) is 0 Å². The lowest BCUT2D eigenvalue weighted by Crippen LogP contribution is -2.44. The summed E-state index contributed by atoms with van der Waals surface area (Å²) in [5, 5.41) is 0. The highest BCUT2D eigenvalue weighted by atomic mass is 32.2. The van der Waals surface area contributed by atoms with Crippen LogP contribution >= 0.6 is 11.9 Å². The zero-order valence-electron chi connectivity index (χ0n) is 24.8. The Morgan fingerprint density at radius 1 is 1.12 bits per heavy atom. The molecule has 6 unspecified atom stereocenters. The van der Waals surface area contributed by atoms with Crippen molar-refractivity contribution in [2.24, 2.45) is 23.7 Å². The number of hydrogen-bond acceptors (Lipinski definition) is 5. The average molecular weight is 563 g/mol. The zero-order valence-corrected chi connectivity index (χ0v) is 25.6. The molecule has 5 nitrogen and oxygen atoms in total. The molecule has 5 rings (SSSR count). The van der Waals surface area contributed by atoms with Gasteiger partial charge in [-0.25, -0.2) is 0 Å². The number of benzene rings is 2. The Balaban J connectivity index is 1.50. The summed E-state index contributed by atoms with van der Waals surface area (Å²) in [6.07, 6.45) is 10.1. The van der Waals surface area contributed by atoms with Crippen molar-refractivity contribution in [2.75, 3.05) is 31.7 Å². The van der Waals surface area contributed by atoms with Crippen LogP contribution in [0.5, 0.6) is 5.75 Å². The summed E-state index contributed by atoms with van der Waals surface area (Å²) in [6, 6.07) is 13.3. The molecule has 1 N–H and O–H groups in total. The van der Waals surface area contributed by atoms with Gasteiger partial charge in [0.25, 0.3) is 0 Å². The summed E-state index contributed by atoms with van der Waals surface area (Å²) in [7, 11) is 1.84. The second-order valence-corrected chi connectivity index (χ2v) is 13.1. The van der Waals surface area contributed by atoms with Gasteiger partial charge in [0, 0.05) is 36.9 Å². The fourth-order valence-electron chi connectivity index (χ4n) is 6.51. The normalized spacial score (nSPS) is 29.8. The van der Waals surface area contributed by atoms with Gasteiger partial charge >= 0.3 is 0 Å². The second kappa shape index (κ2) is 13.0. The van der Waals surface area contributed by atoms with E-state index in [9.17, 15) is 4.79 Å². The first-order valence-corrected chi connectivity index (χ1v) is 16.0. The third-order valence-corrected chi connectivity index (χ3v) is 10.2. The van der Waals surface area contributed by atoms with Gasteiger partial charge in [-0.15, -0.1) is 0 Å². The minimum Gasteiger partial charge on any atom is -0.491 e. The Kier molecular flexibility index (Phi) is 9.47. The standard InChI is InChI=1S/C34H46N2O3S/c1-6-8-25-12-11-22(2)17-30(25)27-20-36-19-26-13-15-29(26)32(38-5)10-7-9-23(3)24(4)34(37)35-40-28-14-16-33(39-21-27)31(36)18-28/h7,10-12,14,16-18,23-24,26-27,29,32H,6,8-9,13,15,19-21H2,1-5H3,(H,35,37)/b10-7+. The molecule has 3 aliphatic rings. The molecule has 2 bridgehead atoms. The van der Waals surface area contributed by atoms with E-state index in [1.54, 1.807) is 0 Å². The maximum Gasteiger partial charge on any atom is 0.233 e. The number of carbonyl (C=O) groups excluding carboxylic acids is 1. The maximum absolute atomic E-state index is 13.0. The lowest BCUT2D eigenvalue weighted by Gasteiger charge is -2.43. The summed E-state index contributed by atoms with van der Waals surface area (Å²) >= 11 is 1.42. The fraction of sp³-hybridized carbons (Fsp3) is 0.559. The van der Waals surface area contributed by atoms with Crippen LogP contribution in [0.3, 0.4) is 0 Å². The third kappa shape index (κ3) is 6.38. The number of nitrogens with one attached hydrogen (secondary N) is 1. The number of ether oxygens (including phenoxy) is 2. The van der Waals surface area contributed by atoms with Crippen molar-refractivity contribution in [3.63, 3.8) is 0 Å². The van der Waals surface area contributed by atoms with Crippen molar-refractivity contribution in [3.8, 4) is 5.75 Å². The number of anilines is 1. The van der Waals surface area contributed by atoms with Gasteiger partial charge in [-0.1, -0.05) is 63.1 Å². The molecule has 0 aromatic heterocycles. The number of rotatable bonds is 4. The topological polar surface area (TPSA) is 50.8 Å². The van der Waals surface area contributed by atoms with E-state index in [1.165, 1.54) is 41.5 Å². The Labute approximate surface area is 245 Å². The van der Waals surface area contributed by atoms with Gasteiger partial charge in [0.1, 0.15) is 5.75 Å². The van der Waals surface area contributed by atoms with Gasteiger partial charge in [0.05, 0.1) is 18.4 Å². The van der Waals surface area contributed by atoms with Crippen LogP contribution in [0, 0.1) is 30.6 Å². The van der Waals surface area contributed by atoms with Crippen LogP contribution < -0.4 is 14.4 Å². The van der Waals surface area contributed by atoms with Gasteiger partial charge in [0.15, 0.2) is 0 Å². The smallest absolute Gasteiger partial charge is 0.233 e. The molecule has 216 valence electrons. The molecule has 6 atom stereocenters. The van der Waals surface area contributed by atoms with Gasteiger partial charge in [-0.2, -0.15) is 0 Å². The molecule has 1 amide bonds. The van der Waals surface area contributed by atoms with E-state index in [0.29, 0.717) is 18.4 Å². The van der Waals surface area contributed by atoms with E-state index in [-0.39, 0.29) is 29.8 Å². The Morgan fingerprint density at radius 2 is 1.98 bits per heavy atom. The molecule has 2 aromatic carbocycles. The van der Waals surface area contributed by atoms with Gasteiger partial charge < -0.3 is 14.4 Å². The molecular weight excluding hydrogens is 516 g/mol. The van der Waals surface area contributed by atoms with Crippen LogP contribution in [0.1, 0.15) is 69.1 Å². The van der Waals surface area contributed by atoms with E-state index in [2.05, 4.69) is 78.9 Å². The molecule has 2 heterocycles. The first kappa shape index (κ1) is 29.1. The van der Waals surface area contributed by atoms with Crippen LogP contribution in [0.15, 0.2) is 53.4 Å². The number of allylic oxidation sites excluding steroid dienone is 1. The molecule has 2 aliphatic heterocycles. The van der Waals surface area contributed by atoms with Crippen molar-refractivity contribution in [2.45, 2.75) is 76.7 Å². The highest BCUT2D eigenvalue weighted by Gasteiger charge is 2.39. The first-order valence-electron chi connectivity index (χ1n) is 15.1. The highest BCUT2D eigenvalue weighted by molar-refractivity contribution is 7.98. The number of hydrogen-bond donors (Lipinski definition) is 1. The SMILES string of the molecule is CCCc1ccc(C)cc1C1COc2ccc3cc2N(C1)CC1CCC1C(OC)/C=C/CC(C)C(C)C(=O)NS3. The predicted molar refractivity (Wildman–Crippen MR) is 165 cm³/mol. The quantitative estimate of drug-likeness (QED) is 0.312. The van der Waals surface area contributed by atoms with E-state index in [1.807, 2.05) is 14.0 Å². The highest BCUT2D eigenvalue weighted by Crippen LogP contribution is 2.43. The van der Waals surface area contributed by atoms with Gasteiger partial charge in [-0.3, -0.25) is 9.52 Å². The maximum atomic E-state index is 13.0. The van der Waals surface area contributed by atoms with Crippen LogP contribution in [-0.2, 0) is 16.0 Å². The number of fused-ring (bicyclic) bond motifs is 2. The molecule has 1 saturated carbocycles. The average Bonchev–Trinajstić information content (AvgIpc) is 3.12. The van der Waals surface area contributed by atoms with Crippen molar-refractivity contribution in [1.82, 2.24) is 4.72 Å². The minimum atomic E-state index is -0.0736. The molecule has 40 heavy (non-hydrogen) atoms. The predicted octanol–water partition coefficient (Wildman–Crippen LogP) is 7.33. The van der Waals surface area contributed by atoms with Gasteiger partial charge in [-0.05, 0) is 91.6 Å². The number of methoxy groups -OCH3 is 1. The van der Waals surface area contributed by atoms with Crippen molar-refractivity contribution in [1.29, 1.82) is 0 Å². The summed E-state index contributed by atoms with van der Waals surface area (Å²) in [5.74, 6) is 2.55. The monoisotopic (exact) mass is 562 g/mol. The largest absolute Gasteiger partial charge is 0.491 e. The lowest BCUT2D eigenvalue weighted by molar-refractivity contribution is -0.123. The van der Waals surface area contributed by atoms with E-state index in [4.69, 9.17) is 9.47 Å². The molecule has 1 aliphatic carbocycles. The second-order valence-electron chi connectivity index (χ2n) is 12.2. The molecular formula is C34H46N2O3S. The number of aryl methyl sites for hydroxylation is 2. The summed E-state index contributed by atoms with van der Waals surface area (Å²) in [6.45, 7) is 11.2. The number of amides is 1. The van der Waals surface area contributed by atoms with E-state index in [0.717, 1.165) is 48.7 Å². The van der Waals surface area contributed by atoms with E-state index >= 15 is 0 Å². The Hall–Kier alpha value is -2.44. The summed E-state index contributed by atoms with van der Waals surface area (Å²) < 4.78 is 15.7. The Bertz CT molecular complexity index is 1210. The zero-order chi connectivity index (χ0) is 28.2. The molecule has 1 fully saturated rings. The van der Waals surface area contributed by atoms with Crippen molar-refractivity contribution < 1.29 is 14.3 Å². The van der Waals surface area contributed by atoms with Crippen molar-refractivity contribution >= 4 is 23.5 Å². The molecule has 0 saturated heterocycles. The van der Waals surface area contributed by atoms with Crippen LogP contribution in [-0.4, -0.2) is 38.8 Å². The summed E-state index contributed by atoms with van der Waals surface area (Å²) in [4.78, 5) is 16.6. The molecule has 6 heteroatoms. The lowest BCUT2D eigenvalue weighted by atomic mass is 9.70. The van der Waals surface area contributed by atoms with Gasteiger partial charge in [0.2, 0.25) is 5.91 Å². The van der Waals surface area contributed by atoms with Crippen LogP contribution in [0.2, 0.25) is 0 Å². The molecule has 2 aromatic rings.